The molecule has 0 saturated heterocycles. The van der Waals surface area contributed by atoms with Crippen LogP contribution in [0.3, 0.4) is 0 Å². The highest BCUT2D eigenvalue weighted by Gasteiger charge is 2.51. The maximum atomic E-state index is 2.47. The van der Waals surface area contributed by atoms with E-state index in [1.54, 1.807) is 0 Å². The minimum Gasteiger partial charge on any atom is -0.310 e. The highest BCUT2D eigenvalue weighted by atomic mass is 15.1. The zero-order chi connectivity index (χ0) is 30.2. The monoisotopic (exact) mass is 583 g/mol. The SMILES string of the molecule is c1ccc(N(c2ccc3c(c2)C2(c4ccccc4-c4ccccc42)c2cc4ccccc4cc2-3)c2ccc3ccccc3c2)cc1. The molecule has 1 spiro atoms. The maximum Gasteiger partial charge on any atom is 0.0726 e. The smallest absolute Gasteiger partial charge is 0.0726 e. The van der Waals surface area contributed by atoms with Crippen LogP contribution in [0.5, 0.6) is 0 Å². The molecule has 0 amide bonds. The van der Waals surface area contributed by atoms with Crippen LogP contribution in [0, 0.1) is 0 Å². The van der Waals surface area contributed by atoms with Gasteiger partial charge in [-0.1, -0.05) is 127 Å². The van der Waals surface area contributed by atoms with Gasteiger partial charge in [-0.05, 0) is 115 Å². The molecule has 1 nitrogen and oxygen atoms in total. The standard InChI is InChI=1S/C45H29N/c1-2-16-34(17-3-1)46(35-23-22-30-12-4-5-13-31(30)26-35)36-24-25-39-40-27-32-14-6-7-15-33(32)28-43(40)45(44(39)29-36)41-20-10-8-18-37(41)38-19-9-11-21-42(38)45/h1-29H. The fourth-order valence-electron chi connectivity index (χ4n) is 8.29. The molecule has 0 atom stereocenters. The van der Waals surface area contributed by atoms with E-state index >= 15 is 0 Å². The summed E-state index contributed by atoms with van der Waals surface area (Å²) < 4.78 is 0. The van der Waals surface area contributed by atoms with Crippen LogP contribution in [0.15, 0.2) is 176 Å². The Balaban J connectivity index is 1.30. The highest BCUT2D eigenvalue weighted by molar-refractivity contribution is 6.01. The lowest BCUT2D eigenvalue weighted by molar-refractivity contribution is 0.795. The number of hydrogen-bond donors (Lipinski definition) is 0. The molecule has 8 aromatic rings. The molecule has 0 fully saturated rings. The van der Waals surface area contributed by atoms with E-state index in [0.717, 1.165) is 17.1 Å². The van der Waals surface area contributed by atoms with Gasteiger partial charge < -0.3 is 4.90 Å². The summed E-state index contributed by atoms with van der Waals surface area (Å²) in [5.74, 6) is 0. The predicted octanol–water partition coefficient (Wildman–Crippen LogP) is 11.8. The minimum atomic E-state index is -0.413. The topological polar surface area (TPSA) is 3.24 Å². The van der Waals surface area contributed by atoms with Gasteiger partial charge in [0.1, 0.15) is 0 Å². The number of nitrogens with zero attached hydrogens (tertiary/aromatic N) is 1. The number of anilines is 3. The molecule has 0 unspecified atom stereocenters. The van der Waals surface area contributed by atoms with Gasteiger partial charge in [0.25, 0.3) is 0 Å². The molecule has 2 aliphatic rings. The largest absolute Gasteiger partial charge is 0.310 e. The van der Waals surface area contributed by atoms with Gasteiger partial charge >= 0.3 is 0 Å². The van der Waals surface area contributed by atoms with Crippen LogP contribution in [-0.4, -0.2) is 0 Å². The van der Waals surface area contributed by atoms with Crippen molar-refractivity contribution in [2.24, 2.45) is 0 Å². The highest BCUT2D eigenvalue weighted by Crippen LogP contribution is 2.63. The Morgan fingerprint density at radius 1 is 0.283 bits per heavy atom. The third-order valence-electron chi connectivity index (χ3n) is 10.2. The normalized spacial score (nSPS) is 13.4. The van der Waals surface area contributed by atoms with Crippen molar-refractivity contribution in [3.63, 3.8) is 0 Å². The molecule has 0 aromatic heterocycles. The summed E-state index contributed by atoms with van der Waals surface area (Å²) in [6.45, 7) is 0. The van der Waals surface area contributed by atoms with Crippen molar-refractivity contribution in [3.8, 4) is 22.3 Å². The van der Waals surface area contributed by atoms with E-state index in [1.165, 1.54) is 66.1 Å². The van der Waals surface area contributed by atoms with Gasteiger partial charge in [0.05, 0.1) is 5.41 Å². The van der Waals surface area contributed by atoms with Crippen LogP contribution < -0.4 is 4.90 Å². The van der Waals surface area contributed by atoms with Crippen molar-refractivity contribution in [3.05, 3.63) is 198 Å². The van der Waals surface area contributed by atoms with E-state index in [0.29, 0.717) is 0 Å². The lowest BCUT2D eigenvalue weighted by atomic mass is 9.70. The zero-order valence-electron chi connectivity index (χ0n) is 25.2. The van der Waals surface area contributed by atoms with E-state index in [4.69, 9.17) is 0 Å². The fourth-order valence-corrected chi connectivity index (χ4v) is 8.29. The van der Waals surface area contributed by atoms with Crippen LogP contribution in [0.1, 0.15) is 22.3 Å². The first kappa shape index (κ1) is 25.4. The summed E-state index contributed by atoms with van der Waals surface area (Å²) in [6.07, 6.45) is 0. The summed E-state index contributed by atoms with van der Waals surface area (Å²) in [7, 11) is 0. The van der Waals surface area contributed by atoms with E-state index in [2.05, 4.69) is 181 Å². The molecular weight excluding hydrogens is 555 g/mol. The second kappa shape index (κ2) is 9.54. The van der Waals surface area contributed by atoms with E-state index in [9.17, 15) is 0 Å². The van der Waals surface area contributed by atoms with Gasteiger partial charge in [-0.25, -0.2) is 0 Å². The average Bonchev–Trinajstić information content (AvgIpc) is 3.58. The van der Waals surface area contributed by atoms with Gasteiger partial charge in [0.15, 0.2) is 0 Å². The Morgan fingerprint density at radius 2 is 0.783 bits per heavy atom. The first-order chi connectivity index (χ1) is 22.8. The van der Waals surface area contributed by atoms with Crippen LogP contribution in [0.4, 0.5) is 17.1 Å². The second-order valence-electron chi connectivity index (χ2n) is 12.5. The van der Waals surface area contributed by atoms with Crippen molar-refractivity contribution in [1.29, 1.82) is 0 Å². The van der Waals surface area contributed by atoms with Crippen molar-refractivity contribution in [1.82, 2.24) is 0 Å². The molecule has 0 bridgehead atoms. The number of benzene rings is 8. The summed E-state index contributed by atoms with van der Waals surface area (Å²) in [6, 6.07) is 65.1. The molecule has 0 radical (unpaired) electrons. The first-order valence-corrected chi connectivity index (χ1v) is 16.0. The van der Waals surface area contributed by atoms with Crippen LogP contribution >= 0.6 is 0 Å². The Morgan fingerprint density at radius 3 is 1.50 bits per heavy atom. The van der Waals surface area contributed by atoms with Gasteiger partial charge in [0.2, 0.25) is 0 Å². The molecule has 0 heterocycles. The molecule has 214 valence electrons. The van der Waals surface area contributed by atoms with Gasteiger partial charge in [0, 0.05) is 17.1 Å². The first-order valence-electron chi connectivity index (χ1n) is 16.0. The quantitative estimate of drug-likeness (QED) is 0.200. The minimum absolute atomic E-state index is 0.413. The molecule has 0 aliphatic heterocycles. The molecule has 8 aromatic carbocycles. The van der Waals surface area contributed by atoms with E-state index in [1.807, 2.05) is 0 Å². The molecule has 0 N–H and O–H groups in total. The fraction of sp³-hybridized carbons (Fsp3) is 0.0222. The van der Waals surface area contributed by atoms with Crippen molar-refractivity contribution in [2.75, 3.05) is 4.90 Å². The van der Waals surface area contributed by atoms with Crippen molar-refractivity contribution in [2.45, 2.75) is 5.41 Å². The zero-order valence-corrected chi connectivity index (χ0v) is 25.2. The summed E-state index contributed by atoms with van der Waals surface area (Å²) in [4.78, 5) is 2.41. The lowest BCUT2D eigenvalue weighted by Gasteiger charge is -2.32. The van der Waals surface area contributed by atoms with Gasteiger partial charge in [-0.3, -0.25) is 0 Å². The number of para-hydroxylation sites is 1. The van der Waals surface area contributed by atoms with E-state index in [-0.39, 0.29) is 0 Å². The van der Waals surface area contributed by atoms with Crippen LogP contribution in [0.2, 0.25) is 0 Å². The Kier molecular flexibility index (Phi) is 5.27. The summed E-state index contributed by atoms with van der Waals surface area (Å²) in [5.41, 5.74) is 13.7. The van der Waals surface area contributed by atoms with Gasteiger partial charge in [-0.2, -0.15) is 0 Å². The van der Waals surface area contributed by atoms with Gasteiger partial charge in [-0.15, -0.1) is 0 Å². The average molecular weight is 584 g/mol. The van der Waals surface area contributed by atoms with Crippen molar-refractivity contribution < 1.29 is 0 Å². The maximum absolute atomic E-state index is 2.47. The molecule has 1 heteroatoms. The lowest BCUT2D eigenvalue weighted by Crippen LogP contribution is -2.26. The number of hydrogen-bond acceptors (Lipinski definition) is 1. The van der Waals surface area contributed by atoms with Crippen molar-refractivity contribution >= 4 is 38.6 Å². The molecule has 0 saturated carbocycles. The molecule has 10 rings (SSSR count). The number of fused-ring (bicyclic) bond motifs is 12. The third kappa shape index (κ3) is 3.40. The number of rotatable bonds is 3. The van der Waals surface area contributed by atoms with Crippen LogP contribution in [0.25, 0.3) is 43.8 Å². The Bertz CT molecular complexity index is 2440. The Labute approximate surface area is 268 Å². The Hall–Kier alpha value is -5.92. The second-order valence-corrected chi connectivity index (χ2v) is 12.5. The summed E-state index contributed by atoms with van der Waals surface area (Å²) in [5, 5.41) is 5.03. The molecule has 46 heavy (non-hydrogen) atoms. The van der Waals surface area contributed by atoms with E-state index < -0.39 is 5.41 Å². The summed E-state index contributed by atoms with van der Waals surface area (Å²) >= 11 is 0. The molecule has 2 aliphatic carbocycles. The third-order valence-corrected chi connectivity index (χ3v) is 10.2. The van der Waals surface area contributed by atoms with Crippen LogP contribution in [-0.2, 0) is 5.41 Å². The predicted molar refractivity (Wildman–Crippen MR) is 192 cm³/mol. The molecular formula is C45H29N.